The fraction of sp³-hybridized carbons (Fsp3) is 0.462. The minimum Gasteiger partial charge on any atom is -0.387 e. The number of carbonyl (C=O) groups is 1. The first-order valence-corrected chi connectivity index (χ1v) is 6.31. The van der Waals surface area contributed by atoms with E-state index < -0.39 is 0 Å². The molecule has 1 fully saturated rings. The Morgan fingerprint density at radius 3 is 2.88 bits per heavy atom. The highest BCUT2D eigenvalue weighted by molar-refractivity contribution is 6.31. The van der Waals surface area contributed by atoms with Gasteiger partial charge in [0.1, 0.15) is 0 Å². The molecule has 0 heterocycles. The second kappa shape index (κ2) is 4.96. The van der Waals surface area contributed by atoms with Gasteiger partial charge in [-0.1, -0.05) is 24.9 Å². The van der Waals surface area contributed by atoms with Crippen molar-refractivity contribution in [3.05, 3.63) is 28.8 Å². The Morgan fingerprint density at radius 2 is 2.29 bits per heavy atom. The van der Waals surface area contributed by atoms with Gasteiger partial charge < -0.3 is 10.6 Å². The van der Waals surface area contributed by atoms with Crippen LogP contribution in [-0.4, -0.2) is 19.0 Å². The predicted octanol–water partition coefficient (Wildman–Crippen LogP) is 2.91. The molecular weight excluding hydrogens is 236 g/mol. The smallest absolute Gasteiger partial charge is 0.253 e. The van der Waals surface area contributed by atoms with Crippen LogP contribution in [-0.2, 0) is 0 Å². The summed E-state index contributed by atoms with van der Waals surface area (Å²) < 4.78 is 0. The van der Waals surface area contributed by atoms with Crippen molar-refractivity contribution < 1.29 is 4.79 Å². The molecule has 1 aliphatic carbocycles. The van der Waals surface area contributed by atoms with Crippen LogP contribution >= 0.6 is 11.6 Å². The molecule has 17 heavy (non-hydrogen) atoms. The molecule has 1 aromatic carbocycles. The number of benzene rings is 1. The molecule has 0 saturated heterocycles. The minimum absolute atomic E-state index is 0.0437. The van der Waals surface area contributed by atoms with Crippen LogP contribution in [0, 0.1) is 5.92 Å². The number of hydrogen-bond donors (Lipinski definition) is 2. The van der Waals surface area contributed by atoms with Crippen LogP contribution < -0.4 is 10.6 Å². The average molecular weight is 253 g/mol. The molecule has 1 amide bonds. The molecule has 0 spiro atoms. The fourth-order valence-electron chi connectivity index (χ4n) is 2.04. The van der Waals surface area contributed by atoms with Gasteiger partial charge in [0, 0.05) is 23.8 Å². The van der Waals surface area contributed by atoms with Crippen molar-refractivity contribution in [2.24, 2.45) is 5.92 Å². The van der Waals surface area contributed by atoms with Crippen molar-refractivity contribution in [3.8, 4) is 0 Å². The van der Waals surface area contributed by atoms with E-state index in [1.54, 1.807) is 19.2 Å². The maximum absolute atomic E-state index is 12.1. The van der Waals surface area contributed by atoms with Gasteiger partial charge in [-0.05, 0) is 30.5 Å². The minimum atomic E-state index is -0.0437. The summed E-state index contributed by atoms with van der Waals surface area (Å²) >= 11 is 5.92. The van der Waals surface area contributed by atoms with Crippen molar-refractivity contribution in [2.45, 2.75) is 25.8 Å². The van der Waals surface area contributed by atoms with E-state index in [2.05, 4.69) is 17.6 Å². The van der Waals surface area contributed by atoms with Gasteiger partial charge in [0.25, 0.3) is 5.91 Å². The summed E-state index contributed by atoms with van der Waals surface area (Å²) in [6, 6.07) is 5.64. The van der Waals surface area contributed by atoms with Crippen LogP contribution in [0.2, 0.25) is 5.02 Å². The van der Waals surface area contributed by atoms with Crippen LogP contribution in [0.4, 0.5) is 5.69 Å². The lowest BCUT2D eigenvalue weighted by atomic mass is 10.1. The highest BCUT2D eigenvalue weighted by atomic mass is 35.5. The number of carbonyl (C=O) groups excluding carboxylic acids is 1. The number of nitrogens with one attached hydrogen (secondary N) is 2. The highest BCUT2D eigenvalue weighted by Crippen LogP contribution is 2.33. The van der Waals surface area contributed by atoms with Crippen LogP contribution in [0.3, 0.4) is 0 Å². The van der Waals surface area contributed by atoms with Gasteiger partial charge in [-0.3, -0.25) is 4.79 Å². The maximum atomic E-state index is 12.1. The van der Waals surface area contributed by atoms with E-state index in [9.17, 15) is 4.79 Å². The average Bonchev–Trinajstić information content (AvgIpc) is 3.07. The molecule has 1 aliphatic rings. The van der Waals surface area contributed by atoms with Crippen LogP contribution in [0.15, 0.2) is 18.2 Å². The molecule has 0 radical (unpaired) electrons. The summed E-state index contributed by atoms with van der Waals surface area (Å²) in [5.41, 5.74) is 1.42. The number of halogens is 1. The lowest BCUT2D eigenvalue weighted by Gasteiger charge is -2.10. The van der Waals surface area contributed by atoms with Crippen molar-refractivity contribution in [1.82, 2.24) is 5.32 Å². The molecule has 2 rings (SSSR count). The second-order valence-corrected chi connectivity index (χ2v) is 4.86. The Bertz CT molecular complexity index is 433. The van der Waals surface area contributed by atoms with E-state index in [4.69, 9.17) is 11.6 Å². The zero-order valence-electron chi connectivity index (χ0n) is 10.1. The largest absolute Gasteiger partial charge is 0.387 e. The van der Waals surface area contributed by atoms with Gasteiger partial charge in [0.05, 0.1) is 5.56 Å². The molecule has 0 aliphatic heterocycles. The lowest BCUT2D eigenvalue weighted by Crippen LogP contribution is -2.27. The monoisotopic (exact) mass is 252 g/mol. The summed E-state index contributed by atoms with van der Waals surface area (Å²) in [4.78, 5) is 12.1. The number of anilines is 1. The first-order valence-electron chi connectivity index (χ1n) is 5.94. The van der Waals surface area contributed by atoms with Gasteiger partial charge in [-0.15, -0.1) is 0 Å². The molecule has 3 nitrogen and oxygen atoms in total. The molecule has 1 aromatic rings. The zero-order valence-corrected chi connectivity index (χ0v) is 10.8. The molecule has 2 unspecified atom stereocenters. The fourth-order valence-corrected chi connectivity index (χ4v) is 2.22. The SMILES string of the molecule is CCC1CC1NC(=O)c1cc(Cl)ccc1NC. The summed E-state index contributed by atoms with van der Waals surface area (Å²) in [6.45, 7) is 2.15. The van der Waals surface area contributed by atoms with Crippen molar-refractivity contribution >= 4 is 23.2 Å². The molecule has 0 bridgehead atoms. The Balaban J connectivity index is 2.10. The molecular formula is C13H17ClN2O. The molecule has 1 saturated carbocycles. The summed E-state index contributed by atoms with van der Waals surface area (Å²) in [5, 5.41) is 6.62. The zero-order chi connectivity index (χ0) is 12.4. The van der Waals surface area contributed by atoms with Crippen molar-refractivity contribution in [3.63, 3.8) is 0 Å². The van der Waals surface area contributed by atoms with Crippen molar-refractivity contribution in [2.75, 3.05) is 12.4 Å². The predicted molar refractivity (Wildman–Crippen MR) is 70.7 cm³/mol. The van der Waals surface area contributed by atoms with Crippen molar-refractivity contribution in [1.29, 1.82) is 0 Å². The van der Waals surface area contributed by atoms with E-state index in [1.807, 2.05) is 6.07 Å². The maximum Gasteiger partial charge on any atom is 0.253 e. The van der Waals surface area contributed by atoms with E-state index in [-0.39, 0.29) is 5.91 Å². The normalized spacial score (nSPS) is 22.1. The first-order chi connectivity index (χ1) is 8.15. The van der Waals surface area contributed by atoms with E-state index in [0.29, 0.717) is 22.5 Å². The summed E-state index contributed by atoms with van der Waals surface area (Å²) in [5.74, 6) is 0.606. The van der Waals surface area contributed by atoms with Gasteiger partial charge in [-0.25, -0.2) is 0 Å². The number of rotatable bonds is 4. The van der Waals surface area contributed by atoms with Gasteiger partial charge in [0.2, 0.25) is 0 Å². The Kier molecular flexibility index (Phi) is 3.57. The number of amides is 1. The molecule has 92 valence electrons. The second-order valence-electron chi connectivity index (χ2n) is 4.42. The van der Waals surface area contributed by atoms with E-state index in [0.717, 1.165) is 18.5 Å². The first kappa shape index (κ1) is 12.2. The third-order valence-corrected chi connectivity index (χ3v) is 3.49. The van der Waals surface area contributed by atoms with E-state index in [1.165, 1.54) is 0 Å². The Labute approximate surface area is 107 Å². The third-order valence-electron chi connectivity index (χ3n) is 3.26. The van der Waals surface area contributed by atoms with E-state index >= 15 is 0 Å². The van der Waals surface area contributed by atoms with Gasteiger partial charge >= 0.3 is 0 Å². The van der Waals surface area contributed by atoms with Crippen LogP contribution in [0.5, 0.6) is 0 Å². The Morgan fingerprint density at radius 1 is 1.53 bits per heavy atom. The molecule has 4 heteroatoms. The molecule has 2 atom stereocenters. The van der Waals surface area contributed by atoms with Gasteiger partial charge in [-0.2, -0.15) is 0 Å². The topological polar surface area (TPSA) is 41.1 Å². The summed E-state index contributed by atoms with van der Waals surface area (Å²) in [6.07, 6.45) is 2.22. The quantitative estimate of drug-likeness (QED) is 0.865. The molecule has 2 N–H and O–H groups in total. The number of hydrogen-bond acceptors (Lipinski definition) is 2. The summed E-state index contributed by atoms with van der Waals surface area (Å²) in [7, 11) is 1.80. The van der Waals surface area contributed by atoms with Gasteiger partial charge in [0.15, 0.2) is 0 Å². The highest BCUT2D eigenvalue weighted by Gasteiger charge is 2.36. The van der Waals surface area contributed by atoms with Crippen LogP contribution in [0.25, 0.3) is 0 Å². The van der Waals surface area contributed by atoms with Crippen LogP contribution in [0.1, 0.15) is 30.1 Å². The third kappa shape index (κ3) is 2.72. The molecule has 0 aromatic heterocycles. The Hall–Kier alpha value is -1.22. The lowest BCUT2D eigenvalue weighted by molar-refractivity contribution is 0.0950. The standard InChI is InChI=1S/C13H17ClN2O/c1-3-8-6-12(8)16-13(17)10-7-9(14)4-5-11(10)15-2/h4-5,7-8,12,15H,3,6H2,1-2H3,(H,16,17).